The zero-order chi connectivity index (χ0) is 39.2. The fourth-order valence-electron chi connectivity index (χ4n) is 9.01. The summed E-state index contributed by atoms with van der Waals surface area (Å²) in [5.74, 6) is -1.68. The van der Waals surface area contributed by atoms with E-state index in [2.05, 4.69) is 65.5 Å². The van der Waals surface area contributed by atoms with E-state index in [4.69, 9.17) is 0 Å². The lowest BCUT2D eigenvalue weighted by molar-refractivity contribution is -0.136. The van der Waals surface area contributed by atoms with Crippen molar-refractivity contribution in [2.24, 2.45) is 7.05 Å². The molecule has 56 heavy (non-hydrogen) atoms. The normalized spacial score (nSPS) is 24.1. The summed E-state index contributed by atoms with van der Waals surface area (Å²) in [7, 11) is 3.73. The molecule has 0 saturated carbocycles. The van der Waals surface area contributed by atoms with Crippen LogP contribution in [-0.2, 0) is 16.6 Å². The summed E-state index contributed by atoms with van der Waals surface area (Å²) in [6, 6.07) is 12.9. The van der Waals surface area contributed by atoms with Gasteiger partial charge in [0.05, 0.1) is 23.0 Å². The van der Waals surface area contributed by atoms with Crippen molar-refractivity contribution in [2.45, 2.75) is 56.1 Å². The molecule has 0 spiro atoms. The number of nitrogens with zero attached hydrogens (tertiary/aromatic N) is 7. The highest BCUT2D eigenvalue weighted by atomic mass is 79.9. The minimum absolute atomic E-state index is 0.0592. The molecule has 8 rings (SSSR count). The first-order valence-electron chi connectivity index (χ1n) is 19.4. The number of fused-ring (bicyclic) bond motifs is 1. The number of aryl methyl sites for hydroxylation is 1. The number of hydrogen-bond donors (Lipinski definition) is 2. The molecule has 5 aliphatic rings. The van der Waals surface area contributed by atoms with Gasteiger partial charge in [-0.3, -0.25) is 43.9 Å². The number of likely N-dealkylation sites (N-methyl/N-ethyl adjacent to an activating group) is 1. The minimum atomic E-state index is -0.983. The highest BCUT2D eigenvalue weighted by Gasteiger charge is 2.45. The molecule has 15 nitrogen and oxygen atoms in total. The van der Waals surface area contributed by atoms with Gasteiger partial charge in [-0.15, -0.1) is 0 Å². The standard InChI is InChI=1S/C40H46BrN9O6/c1-45-22-26(19-27(23-45)43-32-21-42-46(2)40(56)35(32)41)24-3-5-25(6-4-24)37(53)49-13-11-28(12-14-49)47-15-17-48(18-16-47)29-7-8-30-31(20-29)39(55)50(38(30)54)33-9-10-34(51)44-36(33)52/h3-8,20-21,26-28,33,43H,9-19,22-23H2,1-2H3,(H,44,51,52). The van der Waals surface area contributed by atoms with E-state index < -0.39 is 29.7 Å². The van der Waals surface area contributed by atoms with Crippen LogP contribution in [0.1, 0.15) is 74.7 Å². The molecule has 0 radical (unpaired) electrons. The van der Waals surface area contributed by atoms with Gasteiger partial charge < -0.3 is 20.0 Å². The number of benzene rings is 2. The number of aromatic nitrogens is 2. The highest BCUT2D eigenvalue weighted by Crippen LogP contribution is 2.33. The predicted molar refractivity (Wildman–Crippen MR) is 212 cm³/mol. The maximum absolute atomic E-state index is 13.6. The number of carbonyl (C=O) groups excluding carboxylic acids is 5. The van der Waals surface area contributed by atoms with Crippen LogP contribution in [0.25, 0.3) is 0 Å². The number of hydrogen-bond acceptors (Lipinski definition) is 11. The summed E-state index contributed by atoms with van der Waals surface area (Å²) in [6.45, 7) is 6.36. The molecule has 5 amide bonds. The third-order valence-corrected chi connectivity index (χ3v) is 12.8. The van der Waals surface area contributed by atoms with Crippen molar-refractivity contribution in [3.05, 3.63) is 85.7 Å². The van der Waals surface area contributed by atoms with Gasteiger partial charge >= 0.3 is 0 Å². The van der Waals surface area contributed by atoms with Gasteiger partial charge in [0.1, 0.15) is 10.5 Å². The average Bonchev–Trinajstić information content (AvgIpc) is 3.45. The maximum Gasteiger partial charge on any atom is 0.282 e. The van der Waals surface area contributed by atoms with E-state index in [0.29, 0.717) is 40.4 Å². The molecule has 3 unspecified atom stereocenters. The van der Waals surface area contributed by atoms with E-state index in [0.717, 1.165) is 69.1 Å². The second kappa shape index (κ2) is 15.5. The number of nitrogens with one attached hydrogen (secondary N) is 2. The Hall–Kier alpha value is -4.93. The van der Waals surface area contributed by atoms with Crippen LogP contribution < -0.4 is 21.1 Å². The zero-order valence-electron chi connectivity index (χ0n) is 31.6. The smallest absolute Gasteiger partial charge is 0.282 e. The number of piperidine rings is 3. The van der Waals surface area contributed by atoms with Crippen molar-refractivity contribution in [1.29, 1.82) is 0 Å². The number of likely N-dealkylation sites (tertiary alicyclic amines) is 2. The van der Waals surface area contributed by atoms with Crippen molar-refractivity contribution < 1.29 is 24.0 Å². The number of carbonyl (C=O) groups is 5. The molecule has 294 valence electrons. The van der Waals surface area contributed by atoms with E-state index in [1.807, 2.05) is 23.1 Å². The quantitative estimate of drug-likeness (QED) is 0.337. The van der Waals surface area contributed by atoms with Gasteiger partial charge in [0.2, 0.25) is 11.8 Å². The fourth-order valence-corrected chi connectivity index (χ4v) is 9.49. The van der Waals surface area contributed by atoms with Crippen LogP contribution in [-0.4, -0.2) is 136 Å². The third-order valence-electron chi connectivity index (χ3n) is 12.1. The Bertz CT molecular complexity index is 2130. The molecule has 1 aromatic heterocycles. The van der Waals surface area contributed by atoms with E-state index in [1.165, 1.54) is 10.2 Å². The monoisotopic (exact) mass is 827 g/mol. The summed E-state index contributed by atoms with van der Waals surface area (Å²) in [5, 5.41) is 9.91. The molecule has 4 saturated heterocycles. The first-order valence-corrected chi connectivity index (χ1v) is 20.1. The van der Waals surface area contributed by atoms with Gasteiger partial charge in [-0.05, 0) is 90.5 Å². The van der Waals surface area contributed by atoms with Crippen LogP contribution in [0.5, 0.6) is 0 Å². The van der Waals surface area contributed by atoms with Gasteiger partial charge in [0, 0.05) is 89.2 Å². The van der Waals surface area contributed by atoms with Crippen LogP contribution in [0, 0.1) is 0 Å². The minimum Gasteiger partial charge on any atom is -0.379 e. The van der Waals surface area contributed by atoms with Gasteiger partial charge in [-0.2, -0.15) is 5.10 Å². The molecule has 0 aliphatic carbocycles. The molecular weight excluding hydrogens is 782 g/mol. The van der Waals surface area contributed by atoms with E-state index in [-0.39, 0.29) is 41.8 Å². The molecule has 3 aromatic rings. The Morgan fingerprint density at radius 1 is 0.857 bits per heavy atom. The van der Waals surface area contributed by atoms with Crippen LogP contribution in [0.15, 0.2) is 57.9 Å². The van der Waals surface area contributed by atoms with Crippen LogP contribution in [0.2, 0.25) is 0 Å². The van der Waals surface area contributed by atoms with Crippen molar-refractivity contribution >= 4 is 56.8 Å². The van der Waals surface area contributed by atoms with E-state index >= 15 is 0 Å². The van der Waals surface area contributed by atoms with Gasteiger partial charge in [-0.25, -0.2) is 4.68 Å². The zero-order valence-corrected chi connectivity index (χ0v) is 33.2. The second-order valence-electron chi connectivity index (χ2n) is 15.6. The van der Waals surface area contributed by atoms with Crippen molar-refractivity contribution in [1.82, 2.24) is 34.7 Å². The lowest BCUT2D eigenvalue weighted by atomic mass is 9.87. The highest BCUT2D eigenvalue weighted by molar-refractivity contribution is 9.10. The van der Waals surface area contributed by atoms with Crippen LogP contribution in [0.3, 0.4) is 0 Å². The van der Waals surface area contributed by atoms with Crippen molar-refractivity contribution in [3.63, 3.8) is 0 Å². The largest absolute Gasteiger partial charge is 0.379 e. The van der Waals surface area contributed by atoms with E-state index in [1.54, 1.807) is 25.4 Å². The lowest BCUT2D eigenvalue weighted by Gasteiger charge is -2.43. The van der Waals surface area contributed by atoms with E-state index in [9.17, 15) is 28.8 Å². The SMILES string of the molecule is CN1CC(Nc2cnn(C)c(=O)c2Br)CC(c2ccc(C(=O)N3CCC(N4CCN(c5ccc6c(c5)C(=O)N(C5CCC(=O)NC5=O)C6=O)CC4)CC3)cc2)C1. The Kier molecular flexibility index (Phi) is 10.5. The predicted octanol–water partition coefficient (Wildman–Crippen LogP) is 2.27. The van der Waals surface area contributed by atoms with Gasteiger partial charge in [0.15, 0.2) is 0 Å². The third kappa shape index (κ3) is 7.37. The van der Waals surface area contributed by atoms with Crippen LogP contribution >= 0.6 is 15.9 Å². The Morgan fingerprint density at radius 2 is 1.57 bits per heavy atom. The number of halogens is 1. The molecule has 3 atom stereocenters. The summed E-state index contributed by atoms with van der Waals surface area (Å²) in [4.78, 5) is 86.5. The first-order chi connectivity index (χ1) is 26.9. The summed E-state index contributed by atoms with van der Waals surface area (Å²) in [5.41, 5.74) is 3.83. The van der Waals surface area contributed by atoms with Crippen molar-refractivity contribution in [2.75, 3.05) is 69.6 Å². The van der Waals surface area contributed by atoms with Gasteiger partial charge in [-0.1, -0.05) is 12.1 Å². The second-order valence-corrected chi connectivity index (χ2v) is 16.4. The molecular formula is C40H46BrN9O6. The molecule has 5 aliphatic heterocycles. The molecule has 16 heteroatoms. The number of anilines is 2. The maximum atomic E-state index is 13.6. The van der Waals surface area contributed by atoms with Gasteiger partial charge in [0.25, 0.3) is 23.3 Å². The summed E-state index contributed by atoms with van der Waals surface area (Å²) >= 11 is 3.42. The Labute approximate surface area is 333 Å². The number of imide groups is 2. The molecule has 4 fully saturated rings. The number of amides is 5. The van der Waals surface area contributed by atoms with Crippen molar-refractivity contribution in [3.8, 4) is 0 Å². The molecule has 0 bridgehead atoms. The molecule has 2 N–H and O–H groups in total. The first kappa shape index (κ1) is 38.0. The topological polar surface area (TPSA) is 160 Å². The fraction of sp³-hybridized carbons (Fsp3) is 0.475. The molecule has 6 heterocycles. The number of rotatable bonds is 7. The Balaban J connectivity index is 0.819. The number of piperazine rings is 1. The lowest BCUT2D eigenvalue weighted by Crippen LogP contribution is -2.54. The van der Waals surface area contributed by atoms with Crippen LogP contribution in [0.4, 0.5) is 11.4 Å². The Morgan fingerprint density at radius 3 is 2.29 bits per heavy atom. The summed E-state index contributed by atoms with van der Waals surface area (Å²) < 4.78 is 1.78. The summed E-state index contributed by atoms with van der Waals surface area (Å²) in [6.07, 6.45) is 4.58. The average molecular weight is 829 g/mol. The molecule has 2 aromatic carbocycles.